The van der Waals surface area contributed by atoms with Crippen LogP contribution >= 0.6 is 0 Å². The van der Waals surface area contributed by atoms with Crippen molar-refractivity contribution in [3.8, 4) is 11.3 Å². The van der Waals surface area contributed by atoms with Gasteiger partial charge in [-0.15, -0.1) is 0 Å². The SMILES string of the molecule is CN(C)C(=O)N1CCCCC1c1ncc(-c2cccc(F)c2)[nH]1. The molecule has 1 unspecified atom stereocenters. The number of carbonyl (C=O) groups is 1. The zero-order valence-electron chi connectivity index (χ0n) is 13.4. The fourth-order valence-electron chi connectivity index (χ4n) is 3.01. The van der Waals surface area contributed by atoms with Crippen molar-refractivity contribution in [1.82, 2.24) is 19.8 Å². The molecule has 0 saturated carbocycles. The predicted molar refractivity (Wildman–Crippen MR) is 86.4 cm³/mol. The zero-order chi connectivity index (χ0) is 16.4. The average molecular weight is 316 g/mol. The van der Waals surface area contributed by atoms with Gasteiger partial charge in [-0.05, 0) is 31.4 Å². The maximum Gasteiger partial charge on any atom is 0.320 e. The summed E-state index contributed by atoms with van der Waals surface area (Å²) in [5.41, 5.74) is 1.52. The van der Waals surface area contributed by atoms with Crippen LogP contribution in [0.15, 0.2) is 30.5 Å². The molecule has 1 aliphatic heterocycles. The van der Waals surface area contributed by atoms with E-state index < -0.39 is 0 Å². The lowest BCUT2D eigenvalue weighted by Crippen LogP contribution is -2.44. The number of hydrogen-bond acceptors (Lipinski definition) is 2. The first-order chi connectivity index (χ1) is 11.1. The maximum absolute atomic E-state index is 13.4. The number of carbonyl (C=O) groups excluding carboxylic acids is 1. The lowest BCUT2D eigenvalue weighted by molar-refractivity contribution is 0.126. The summed E-state index contributed by atoms with van der Waals surface area (Å²) in [5, 5.41) is 0. The molecule has 1 atom stereocenters. The second kappa shape index (κ2) is 6.40. The van der Waals surface area contributed by atoms with Crippen molar-refractivity contribution in [2.24, 2.45) is 0 Å². The van der Waals surface area contributed by atoms with Crippen LogP contribution in [-0.4, -0.2) is 46.4 Å². The van der Waals surface area contributed by atoms with Crippen molar-refractivity contribution >= 4 is 6.03 Å². The van der Waals surface area contributed by atoms with Crippen LogP contribution in [0.5, 0.6) is 0 Å². The Balaban J connectivity index is 1.87. The molecule has 0 radical (unpaired) electrons. The number of benzene rings is 1. The van der Waals surface area contributed by atoms with Crippen molar-refractivity contribution in [2.75, 3.05) is 20.6 Å². The number of hydrogen-bond donors (Lipinski definition) is 1. The molecule has 0 aliphatic carbocycles. The largest absolute Gasteiger partial charge is 0.340 e. The Kier molecular flexibility index (Phi) is 4.32. The van der Waals surface area contributed by atoms with E-state index >= 15 is 0 Å². The summed E-state index contributed by atoms with van der Waals surface area (Å²) in [6.45, 7) is 0.734. The van der Waals surface area contributed by atoms with E-state index in [4.69, 9.17) is 0 Å². The van der Waals surface area contributed by atoms with Crippen LogP contribution in [0.25, 0.3) is 11.3 Å². The number of urea groups is 1. The van der Waals surface area contributed by atoms with E-state index in [0.29, 0.717) is 0 Å². The predicted octanol–water partition coefficient (Wildman–Crippen LogP) is 3.42. The highest BCUT2D eigenvalue weighted by molar-refractivity contribution is 5.74. The van der Waals surface area contributed by atoms with E-state index in [0.717, 1.165) is 42.9 Å². The monoisotopic (exact) mass is 316 g/mol. The molecule has 1 aromatic heterocycles. The Morgan fingerprint density at radius 1 is 1.39 bits per heavy atom. The number of amides is 2. The van der Waals surface area contributed by atoms with Crippen LogP contribution in [0.2, 0.25) is 0 Å². The number of aromatic nitrogens is 2. The van der Waals surface area contributed by atoms with Gasteiger partial charge >= 0.3 is 6.03 Å². The molecule has 1 fully saturated rings. The van der Waals surface area contributed by atoms with E-state index in [9.17, 15) is 9.18 Å². The third kappa shape index (κ3) is 3.21. The number of halogens is 1. The zero-order valence-corrected chi connectivity index (χ0v) is 13.4. The lowest BCUT2D eigenvalue weighted by Gasteiger charge is -2.36. The van der Waals surface area contributed by atoms with Gasteiger partial charge in [0.05, 0.1) is 17.9 Å². The van der Waals surface area contributed by atoms with Crippen LogP contribution in [0.4, 0.5) is 9.18 Å². The molecular formula is C17H21FN4O. The van der Waals surface area contributed by atoms with Crippen molar-refractivity contribution in [1.29, 1.82) is 0 Å². The number of imidazole rings is 1. The van der Waals surface area contributed by atoms with E-state index in [2.05, 4.69) is 9.97 Å². The van der Waals surface area contributed by atoms with E-state index in [1.54, 1.807) is 31.3 Å². The van der Waals surface area contributed by atoms with Crippen LogP contribution in [-0.2, 0) is 0 Å². The van der Waals surface area contributed by atoms with Crippen LogP contribution in [0, 0.1) is 5.82 Å². The maximum atomic E-state index is 13.4. The van der Waals surface area contributed by atoms with Crippen LogP contribution in [0.1, 0.15) is 31.1 Å². The summed E-state index contributed by atoms with van der Waals surface area (Å²) < 4.78 is 13.4. The van der Waals surface area contributed by atoms with Gasteiger partial charge in [0.15, 0.2) is 0 Å². The topological polar surface area (TPSA) is 52.2 Å². The van der Waals surface area contributed by atoms with E-state index in [1.807, 2.05) is 11.0 Å². The molecule has 1 N–H and O–H groups in total. The molecule has 23 heavy (non-hydrogen) atoms. The van der Waals surface area contributed by atoms with Gasteiger partial charge in [-0.1, -0.05) is 12.1 Å². The average Bonchev–Trinajstić information content (AvgIpc) is 3.04. The minimum atomic E-state index is -0.277. The molecule has 1 aromatic carbocycles. The summed E-state index contributed by atoms with van der Waals surface area (Å²) in [7, 11) is 3.52. The molecule has 3 rings (SSSR count). The summed E-state index contributed by atoms with van der Waals surface area (Å²) in [5.74, 6) is 0.486. The highest BCUT2D eigenvalue weighted by Crippen LogP contribution is 2.31. The smallest absolute Gasteiger partial charge is 0.320 e. The first-order valence-corrected chi connectivity index (χ1v) is 7.85. The normalized spacial score (nSPS) is 18.0. The lowest BCUT2D eigenvalue weighted by atomic mass is 10.0. The molecular weight excluding hydrogens is 295 g/mol. The molecule has 2 amide bonds. The van der Waals surface area contributed by atoms with Crippen molar-refractivity contribution in [3.05, 3.63) is 42.1 Å². The molecule has 2 aromatic rings. The Bertz CT molecular complexity index is 697. The third-order valence-corrected chi connectivity index (χ3v) is 4.18. The van der Waals surface area contributed by atoms with Gasteiger partial charge in [0.2, 0.25) is 0 Å². The second-order valence-electron chi connectivity index (χ2n) is 6.07. The van der Waals surface area contributed by atoms with E-state index in [-0.39, 0.29) is 17.9 Å². The molecule has 0 bridgehead atoms. The van der Waals surface area contributed by atoms with Crippen LogP contribution in [0.3, 0.4) is 0 Å². The third-order valence-electron chi connectivity index (χ3n) is 4.18. The minimum absolute atomic E-state index is 0.00148. The number of nitrogens with one attached hydrogen (secondary N) is 1. The Morgan fingerprint density at radius 2 is 2.22 bits per heavy atom. The highest BCUT2D eigenvalue weighted by atomic mass is 19.1. The van der Waals surface area contributed by atoms with Crippen molar-refractivity contribution < 1.29 is 9.18 Å². The molecule has 0 spiro atoms. The second-order valence-corrected chi connectivity index (χ2v) is 6.07. The van der Waals surface area contributed by atoms with Gasteiger partial charge in [-0.2, -0.15) is 0 Å². The van der Waals surface area contributed by atoms with Gasteiger partial charge in [-0.3, -0.25) is 0 Å². The Labute approximate surface area is 135 Å². The van der Waals surface area contributed by atoms with Gasteiger partial charge in [0.25, 0.3) is 0 Å². The molecule has 2 heterocycles. The minimum Gasteiger partial charge on any atom is -0.340 e. The van der Waals surface area contributed by atoms with Gasteiger partial charge in [0, 0.05) is 26.2 Å². The fourth-order valence-corrected chi connectivity index (χ4v) is 3.01. The first-order valence-electron chi connectivity index (χ1n) is 7.85. The Morgan fingerprint density at radius 3 is 2.96 bits per heavy atom. The van der Waals surface area contributed by atoms with Crippen LogP contribution < -0.4 is 0 Å². The quantitative estimate of drug-likeness (QED) is 0.923. The van der Waals surface area contributed by atoms with Crippen molar-refractivity contribution in [2.45, 2.75) is 25.3 Å². The number of likely N-dealkylation sites (tertiary alicyclic amines) is 1. The van der Waals surface area contributed by atoms with Crippen molar-refractivity contribution in [3.63, 3.8) is 0 Å². The molecule has 5 nitrogen and oxygen atoms in total. The number of rotatable bonds is 2. The first kappa shape index (κ1) is 15.5. The van der Waals surface area contributed by atoms with Gasteiger partial charge in [0.1, 0.15) is 11.6 Å². The van der Waals surface area contributed by atoms with E-state index in [1.165, 1.54) is 12.1 Å². The summed E-state index contributed by atoms with van der Waals surface area (Å²) in [4.78, 5) is 23.5. The molecule has 122 valence electrons. The molecule has 1 aliphatic rings. The summed E-state index contributed by atoms with van der Waals surface area (Å²) >= 11 is 0. The van der Waals surface area contributed by atoms with Gasteiger partial charge < -0.3 is 14.8 Å². The highest BCUT2D eigenvalue weighted by Gasteiger charge is 2.30. The standard InChI is InChI=1S/C17H21FN4O/c1-21(2)17(23)22-9-4-3-8-15(22)16-19-11-14(20-16)12-6-5-7-13(18)10-12/h5-7,10-11,15H,3-4,8-9H2,1-2H3,(H,19,20). The Hall–Kier alpha value is -2.37. The number of aromatic amines is 1. The fraction of sp³-hybridized carbons (Fsp3) is 0.412. The summed E-state index contributed by atoms with van der Waals surface area (Å²) in [6, 6.07) is 6.34. The summed E-state index contributed by atoms with van der Waals surface area (Å²) in [6.07, 6.45) is 4.66. The molecule has 1 saturated heterocycles. The number of H-pyrrole nitrogens is 1. The van der Waals surface area contributed by atoms with Gasteiger partial charge in [-0.25, -0.2) is 14.2 Å². The molecule has 6 heteroatoms. The number of piperidine rings is 1. The number of nitrogens with zero attached hydrogens (tertiary/aromatic N) is 3.